The van der Waals surface area contributed by atoms with Crippen LogP contribution in [0.15, 0.2) is 30.3 Å². The standard InChI is InChI=1S/C20H32O3/c1-16(2)12-8-5-6-11-15-20(17(3)4,23-19(21)22)18-13-9-7-10-14-18/h7,9-10,13-14,16-17H,5-6,8,11-12,15H2,1-4H3,(H,21,22). The summed E-state index contributed by atoms with van der Waals surface area (Å²) in [5.74, 6) is 0.848. The molecular weight excluding hydrogens is 288 g/mol. The third-order valence-corrected chi connectivity index (χ3v) is 4.54. The quantitative estimate of drug-likeness (QED) is 0.410. The molecule has 0 aliphatic heterocycles. The molecule has 1 unspecified atom stereocenters. The number of hydrogen-bond acceptors (Lipinski definition) is 2. The molecule has 1 atom stereocenters. The van der Waals surface area contributed by atoms with Crippen molar-refractivity contribution in [1.29, 1.82) is 0 Å². The second kappa shape index (κ2) is 9.59. The Kier molecular flexibility index (Phi) is 8.15. The molecule has 0 aliphatic rings. The van der Waals surface area contributed by atoms with Crippen LogP contribution in [-0.4, -0.2) is 11.3 Å². The van der Waals surface area contributed by atoms with Crippen LogP contribution in [0.2, 0.25) is 0 Å². The van der Waals surface area contributed by atoms with Gasteiger partial charge in [0.05, 0.1) is 0 Å². The Morgan fingerprint density at radius 1 is 1.04 bits per heavy atom. The van der Waals surface area contributed by atoms with Gasteiger partial charge in [-0.3, -0.25) is 0 Å². The van der Waals surface area contributed by atoms with Gasteiger partial charge in [-0.05, 0) is 30.2 Å². The summed E-state index contributed by atoms with van der Waals surface area (Å²) < 4.78 is 5.45. The van der Waals surface area contributed by atoms with E-state index in [0.717, 1.165) is 30.7 Å². The molecule has 0 radical (unpaired) electrons. The van der Waals surface area contributed by atoms with E-state index in [2.05, 4.69) is 13.8 Å². The Morgan fingerprint density at radius 3 is 2.17 bits per heavy atom. The van der Waals surface area contributed by atoms with Gasteiger partial charge in [-0.1, -0.05) is 83.7 Å². The normalized spacial score (nSPS) is 14.0. The Balaban J connectivity index is 2.73. The van der Waals surface area contributed by atoms with Crippen molar-refractivity contribution in [3.8, 4) is 0 Å². The van der Waals surface area contributed by atoms with Gasteiger partial charge in [0.25, 0.3) is 0 Å². The number of hydrogen-bond donors (Lipinski definition) is 1. The number of carbonyl (C=O) groups is 1. The highest BCUT2D eigenvalue weighted by atomic mass is 16.7. The fourth-order valence-corrected chi connectivity index (χ4v) is 3.16. The Bertz CT molecular complexity index is 453. The predicted molar refractivity (Wildman–Crippen MR) is 94.6 cm³/mol. The van der Waals surface area contributed by atoms with Crippen LogP contribution in [0.5, 0.6) is 0 Å². The van der Waals surface area contributed by atoms with Crippen molar-refractivity contribution in [3.63, 3.8) is 0 Å². The van der Waals surface area contributed by atoms with Crippen LogP contribution < -0.4 is 0 Å². The van der Waals surface area contributed by atoms with Crippen LogP contribution in [0.4, 0.5) is 4.79 Å². The van der Waals surface area contributed by atoms with Gasteiger partial charge in [0, 0.05) is 0 Å². The molecule has 3 heteroatoms. The zero-order chi connectivity index (χ0) is 17.3. The highest BCUT2D eigenvalue weighted by Crippen LogP contribution is 2.39. The average molecular weight is 320 g/mol. The van der Waals surface area contributed by atoms with E-state index in [1.165, 1.54) is 19.3 Å². The first-order valence-corrected chi connectivity index (χ1v) is 8.86. The molecule has 0 spiro atoms. The van der Waals surface area contributed by atoms with Crippen molar-refractivity contribution in [3.05, 3.63) is 35.9 Å². The summed E-state index contributed by atoms with van der Waals surface area (Å²) in [6.07, 6.45) is 5.37. The van der Waals surface area contributed by atoms with Gasteiger partial charge in [0.15, 0.2) is 0 Å². The van der Waals surface area contributed by atoms with Gasteiger partial charge in [-0.2, -0.15) is 0 Å². The molecule has 1 rings (SSSR count). The lowest BCUT2D eigenvalue weighted by molar-refractivity contribution is -0.0608. The molecule has 0 aliphatic carbocycles. The maximum absolute atomic E-state index is 11.3. The summed E-state index contributed by atoms with van der Waals surface area (Å²) >= 11 is 0. The summed E-state index contributed by atoms with van der Waals surface area (Å²) in [5.41, 5.74) is 0.213. The molecule has 0 saturated heterocycles. The van der Waals surface area contributed by atoms with Crippen LogP contribution >= 0.6 is 0 Å². The molecule has 23 heavy (non-hydrogen) atoms. The van der Waals surface area contributed by atoms with Crippen molar-refractivity contribution < 1.29 is 14.6 Å². The molecule has 0 fully saturated rings. The summed E-state index contributed by atoms with van der Waals surface area (Å²) in [6, 6.07) is 9.78. The zero-order valence-corrected chi connectivity index (χ0v) is 15.0. The number of rotatable bonds is 10. The molecule has 0 aromatic heterocycles. The van der Waals surface area contributed by atoms with Gasteiger partial charge >= 0.3 is 6.16 Å². The molecular formula is C20H32O3. The average Bonchev–Trinajstić information content (AvgIpc) is 2.49. The van der Waals surface area contributed by atoms with Crippen LogP contribution in [0.25, 0.3) is 0 Å². The molecule has 0 saturated carbocycles. The van der Waals surface area contributed by atoms with Crippen LogP contribution in [-0.2, 0) is 10.3 Å². The Hall–Kier alpha value is -1.51. The first-order valence-electron chi connectivity index (χ1n) is 8.86. The minimum atomic E-state index is -1.19. The Labute approximate surface area is 141 Å². The first kappa shape index (κ1) is 19.5. The van der Waals surface area contributed by atoms with E-state index >= 15 is 0 Å². The van der Waals surface area contributed by atoms with Gasteiger partial charge in [0.2, 0.25) is 0 Å². The molecule has 1 N–H and O–H groups in total. The van der Waals surface area contributed by atoms with Gasteiger partial charge < -0.3 is 9.84 Å². The molecule has 3 nitrogen and oxygen atoms in total. The third kappa shape index (κ3) is 6.25. The maximum Gasteiger partial charge on any atom is 0.506 e. The highest BCUT2D eigenvalue weighted by Gasteiger charge is 2.39. The fraction of sp³-hybridized carbons (Fsp3) is 0.650. The van der Waals surface area contributed by atoms with Crippen molar-refractivity contribution >= 4 is 6.16 Å². The van der Waals surface area contributed by atoms with Crippen molar-refractivity contribution in [2.45, 2.75) is 71.8 Å². The van der Waals surface area contributed by atoms with E-state index in [1.54, 1.807) is 0 Å². The van der Waals surface area contributed by atoms with E-state index < -0.39 is 11.8 Å². The SMILES string of the molecule is CC(C)CCCCCCC(OC(=O)O)(c1ccccc1)C(C)C. The van der Waals surface area contributed by atoms with Gasteiger partial charge in [0.1, 0.15) is 5.60 Å². The van der Waals surface area contributed by atoms with Crippen LogP contribution in [0, 0.1) is 11.8 Å². The molecule has 0 bridgehead atoms. The number of ether oxygens (including phenoxy) is 1. The minimum absolute atomic E-state index is 0.0941. The van der Waals surface area contributed by atoms with Gasteiger partial charge in [-0.25, -0.2) is 4.79 Å². The number of carboxylic acid groups (broad SMARTS) is 1. The number of benzene rings is 1. The lowest BCUT2D eigenvalue weighted by atomic mass is 9.79. The molecule has 0 amide bonds. The van der Waals surface area contributed by atoms with Crippen molar-refractivity contribution in [2.24, 2.45) is 11.8 Å². The van der Waals surface area contributed by atoms with E-state index in [0.29, 0.717) is 0 Å². The molecule has 1 aromatic rings. The number of unbranched alkanes of at least 4 members (excludes halogenated alkanes) is 3. The zero-order valence-electron chi connectivity index (χ0n) is 15.0. The second-order valence-electron chi connectivity index (χ2n) is 7.12. The van der Waals surface area contributed by atoms with Crippen LogP contribution in [0.3, 0.4) is 0 Å². The monoisotopic (exact) mass is 320 g/mol. The summed E-state index contributed by atoms with van der Waals surface area (Å²) in [6.45, 7) is 8.57. The van der Waals surface area contributed by atoms with Crippen molar-refractivity contribution in [2.75, 3.05) is 0 Å². The topological polar surface area (TPSA) is 46.5 Å². The lowest BCUT2D eigenvalue weighted by Crippen LogP contribution is -2.37. The van der Waals surface area contributed by atoms with Crippen LogP contribution in [0.1, 0.15) is 71.8 Å². The lowest BCUT2D eigenvalue weighted by Gasteiger charge is -2.36. The highest BCUT2D eigenvalue weighted by molar-refractivity contribution is 5.58. The van der Waals surface area contributed by atoms with Gasteiger partial charge in [-0.15, -0.1) is 0 Å². The van der Waals surface area contributed by atoms with Crippen molar-refractivity contribution in [1.82, 2.24) is 0 Å². The second-order valence-corrected chi connectivity index (χ2v) is 7.12. The summed E-state index contributed by atoms with van der Waals surface area (Å²) in [4.78, 5) is 11.3. The summed E-state index contributed by atoms with van der Waals surface area (Å²) in [7, 11) is 0. The van der Waals surface area contributed by atoms with E-state index in [9.17, 15) is 9.90 Å². The van der Waals surface area contributed by atoms with E-state index in [-0.39, 0.29) is 5.92 Å². The smallest absolute Gasteiger partial charge is 0.450 e. The largest absolute Gasteiger partial charge is 0.506 e. The minimum Gasteiger partial charge on any atom is -0.450 e. The third-order valence-electron chi connectivity index (χ3n) is 4.54. The molecule has 1 aromatic carbocycles. The van der Waals surface area contributed by atoms with E-state index in [4.69, 9.17) is 4.74 Å². The maximum atomic E-state index is 11.3. The fourth-order valence-electron chi connectivity index (χ4n) is 3.16. The predicted octanol–water partition coefficient (Wildman–Crippen LogP) is 6.23. The molecule has 0 heterocycles. The first-order chi connectivity index (χ1) is 10.9. The van der Waals surface area contributed by atoms with E-state index in [1.807, 2.05) is 44.2 Å². The summed E-state index contributed by atoms with van der Waals surface area (Å²) in [5, 5.41) is 9.24. The Morgan fingerprint density at radius 2 is 1.65 bits per heavy atom. The molecule has 130 valence electrons.